The minimum atomic E-state index is -0.788. The molecule has 294 valence electrons. The molecule has 1 saturated heterocycles. The molecule has 4 aromatic rings. The molecule has 2 atom stereocenters. The smallest absolute Gasteiger partial charge is 0.316 e. The number of aliphatic hydroxyl groups is 1. The SMILES string of the molecule is COc1ccc(-c2cccc(COC[C@@H]3C[C@@H](O)CN3C(=O)CCc3cc4nc5ccc(=O)cc-5oc4cc3OC(=O)C(C)(C)C)c2-c2ccc(OC)cc2)cc1. The van der Waals surface area contributed by atoms with Gasteiger partial charge in [0.1, 0.15) is 28.5 Å². The molecule has 1 fully saturated rings. The van der Waals surface area contributed by atoms with Crippen LogP contribution in [0.15, 0.2) is 106 Å². The third kappa shape index (κ3) is 8.85. The van der Waals surface area contributed by atoms with E-state index in [1.165, 1.54) is 12.1 Å². The van der Waals surface area contributed by atoms with E-state index in [1.807, 2.05) is 60.7 Å². The highest BCUT2D eigenvalue weighted by atomic mass is 16.5. The maximum absolute atomic E-state index is 13.9. The average Bonchev–Trinajstić information content (AvgIpc) is 3.58. The van der Waals surface area contributed by atoms with Crippen LogP contribution in [0.1, 0.15) is 44.7 Å². The van der Waals surface area contributed by atoms with E-state index in [9.17, 15) is 19.5 Å². The van der Waals surface area contributed by atoms with E-state index in [-0.39, 0.29) is 55.7 Å². The van der Waals surface area contributed by atoms with E-state index in [2.05, 4.69) is 11.1 Å². The Balaban J connectivity index is 1.09. The first-order valence-corrected chi connectivity index (χ1v) is 19.0. The Hall–Kier alpha value is -6.04. The highest BCUT2D eigenvalue weighted by molar-refractivity contribution is 5.86. The molecule has 0 saturated carbocycles. The van der Waals surface area contributed by atoms with Crippen LogP contribution in [0.2, 0.25) is 0 Å². The molecule has 0 aromatic heterocycles. The Morgan fingerprint density at radius 1 is 0.877 bits per heavy atom. The largest absolute Gasteiger partial charge is 0.497 e. The molecule has 1 amide bonds. The maximum Gasteiger partial charge on any atom is 0.316 e. The first-order chi connectivity index (χ1) is 27.4. The van der Waals surface area contributed by atoms with E-state index in [1.54, 1.807) is 58.1 Å². The number of aliphatic hydroxyl groups excluding tert-OH is 1. The van der Waals surface area contributed by atoms with Gasteiger partial charge in [-0.2, -0.15) is 0 Å². The fourth-order valence-corrected chi connectivity index (χ4v) is 7.10. The molecule has 2 heterocycles. The number of hydrogen-bond acceptors (Lipinski definition) is 10. The molecule has 0 bridgehead atoms. The van der Waals surface area contributed by atoms with Gasteiger partial charge in [0, 0.05) is 25.1 Å². The summed E-state index contributed by atoms with van der Waals surface area (Å²) in [4.78, 5) is 45.2. The van der Waals surface area contributed by atoms with Crippen molar-refractivity contribution < 1.29 is 38.1 Å². The standard InChI is InChI=1S/C46H46N2O9/c1-46(2,3)45(52)57-40-24-42-39(47-38-19-14-33(49)23-41(38)56-42)21-30(40)13-20-43(51)48-25-34(50)22-32(48)27-55-26-31-7-6-8-37(28-9-15-35(53-4)16-10-28)44(31)29-11-17-36(54-5)18-12-29/h6-12,14-19,21,23-24,32,34,50H,13,20,22,25-27H2,1-5H3/t32-,34+/m0/s1. The second-order valence-electron chi connectivity index (χ2n) is 15.3. The fourth-order valence-electron chi connectivity index (χ4n) is 7.10. The number of aryl methyl sites for hydroxylation is 1. The molecule has 4 aromatic carbocycles. The molecule has 2 aliphatic heterocycles. The summed E-state index contributed by atoms with van der Waals surface area (Å²) in [6.45, 7) is 5.97. The van der Waals surface area contributed by atoms with Crippen molar-refractivity contribution in [1.29, 1.82) is 0 Å². The van der Waals surface area contributed by atoms with Gasteiger partial charge in [0.2, 0.25) is 5.91 Å². The van der Waals surface area contributed by atoms with Crippen molar-refractivity contribution in [1.82, 2.24) is 9.88 Å². The van der Waals surface area contributed by atoms with Gasteiger partial charge in [0.25, 0.3) is 0 Å². The van der Waals surface area contributed by atoms with Crippen LogP contribution in [0.5, 0.6) is 17.2 Å². The number of benzene rings is 5. The molecule has 1 N–H and O–H groups in total. The number of carbonyl (C=O) groups is 2. The van der Waals surface area contributed by atoms with Gasteiger partial charge >= 0.3 is 5.97 Å². The molecule has 11 heteroatoms. The minimum Gasteiger partial charge on any atom is -0.497 e. The van der Waals surface area contributed by atoms with E-state index >= 15 is 0 Å². The molecule has 57 heavy (non-hydrogen) atoms. The third-order valence-electron chi connectivity index (χ3n) is 10.2. The van der Waals surface area contributed by atoms with Crippen LogP contribution in [0, 0.1) is 5.41 Å². The Bertz CT molecular complexity index is 2420. The Kier molecular flexibility index (Phi) is 11.4. The summed E-state index contributed by atoms with van der Waals surface area (Å²) in [7, 11) is 3.28. The summed E-state index contributed by atoms with van der Waals surface area (Å²) in [5.41, 5.74) is 5.99. The van der Waals surface area contributed by atoms with Crippen molar-refractivity contribution in [3.8, 4) is 51.0 Å². The summed E-state index contributed by atoms with van der Waals surface area (Å²) >= 11 is 0. The van der Waals surface area contributed by atoms with Gasteiger partial charge in [-0.3, -0.25) is 14.4 Å². The van der Waals surface area contributed by atoms with Crippen molar-refractivity contribution >= 4 is 23.0 Å². The van der Waals surface area contributed by atoms with Gasteiger partial charge in [-0.15, -0.1) is 0 Å². The topological polar surface area (TPSA) is 138 Å². The summed E-state index contributed by atoms with van der Waals surface area (Å²) in [6.07, 6.45) is 0.0276. The molecule has 0 radical (unpaired) electrons. The van der Waals surface area contributed by atoms with Crippen LogP contribution >= 0.6 is 0 Å². The summed E-state index contributed by atoms with van der Waals surface area (Å²) in [5.74, 6) is 1.48. The molecule has 11 nitrogen and oxygen atoms in total. The summed E-state index contributed by atoms with van der Waals surface area (Å²) in [5, 5.41) is 10.7. The van der Waals surface area contributed by atoms with Crippen LogP contribution < -0.4 is 19.6 Å². The van der Waals surface area contributed by atoms with Gasteiger partial charge in [-0.1, -0.05) is 42.5 Å². The fraction of sp³-hybridized carbons (Fsp3) is 0.304. The molecule has 0 unspecified atom stereocenters. The lowest BCUT2D eigenvalue weighted by Gasteiger charge is -2.25. The van der Waals surface area contributed by atoms with Gasteiger partial charge in [0.15, 0.2) is 16.8 Å². The van der Waals surface area contributed by atoms with Gasteiger partial charge in [-0.05, 0) is 109 Å². The van der Waals surface area contributed by atoms with Crippen molar-refractivity contribution in [2.45, 2.75) is 58.8 Å². The summed E-state index contributed by atoms with van der Waals surface area (Å²) in [6, 6.07) is 29.4. The van der Waals surface area contributed by atoms with E-state index in [0.29, 0.717) is 34.5 Å². The number of esters is 1. The number of nitrogens with zero attached hydrogens (tertiary/aromatic N) is 2. The Morgan fingerprint density at radius 3 is 2.26 bits per heavy atom. The van der Waals surface area contributed by atoms with Gasteiger partial charge in [-0.25, -0.2) is 4.98 Å². The Labute approximate surface area is 331 Å². The predicted octanol–water partition coefficient (Wildman–Crippen LogP) is 7.71. The number of methoxy groups -OCH3 is 2. The molecule has 1 aliphatic carbocycles. The number of ether oxygens (including phenoxy) is 4. The maximum atomic E-state index is 13.9. The molecule has 3 aliphatic rings. The number of rotatable bonds is 12. The zero-order chi connectivity index (χ0) is 40.3. The molecule has 0 spiro atoms. The van der Waals surface area contributed by atoms with Crippen molar-refractivity contribution in [3.63, 3.8) is 0 Å². The monoisotopic (exact) mass is 770 g/mol. The van der Waals surface area contributed by atoms with Crippen molar-refractivity contribution in [3.05, 3.63) is 118 Å². The Morgan fingerprint density at radius 2 is 1.58 bits per heavy atom. The number of amides is 1. The normalized spacial score (nSPS) is 15.6. The molecular formula is C46H46N2O9. The number of aromatic nitrogens is 1. The van der Waals surface area contributed by atoms with Crippen LogP contribution in [0.4, 0.5) is 0 Å². The lowest BCUT2D eigenvalue weighted by atomic mass is 9.90. The van der Waals surface area contributed by atoms with Crippen LogP contribution in [0.25, 0.3) is 44.8 Å². The van der Waals surface area contributed by atoms with Crippen LogP contribution in [0.3, 0.4) is 0 Å². The zero-order valence-corrected chi connectivity index (χ0v) is 32.7. The van der Waals surface area contributed by atoms with E-state index < -0.39 is 17.5 Å². The first-order valence-electron chi connectivity index (χ1n) is 19.0. The molecule has 7 rings (SSSR count). The number of β-amino-alcohol motifs (C(OH)–C–C–N with tert-alkyl or cyclic N) is 1. The van der Waals surface area contributed by atoms with Crippen molar-refractivity contribution in [2.24, 2.45) is 5.41 Å². The lowest BCUT2D eigenvalue weighted by Crippen LogP contribution is -2.38. The number of hydrogen-bond donors (Lipinski definition) is 1. The second-order valence-corrected chi connectivity index (χ2v) is 15.3. The quantitative estimate of drug-likeness (QED) is 0.0749. The zero-order valence-electron chi connectivity index (χ0n) is 32.7. The van der Waals surface area contributed by atoms with Crippen molar-refractivity contribution in [2.75, 3.05) is 27.4 Å². The average molecular weight is 771 g/mol. The van der Waals surface area contributed by atoms with Crippen LogP contribution in [-0.2, 0) is 27.4 Å². The van der Waals surface area contributed by atoms with E-state index in [0.717, 1.165) is 39.3 Å². The number of carbonyl (C=O) groups excluding carboxylic acids is 2. The second kappa shape index (κ2) is 16.6. The third-order valence-corrected chi connectivity index (χ3v) is 10.2. The highest BCUT2D eigenvalue weighted by Crippen LogP contribution is 2.37. The van der Waals surface area contributed by atoms with Gasteiger partial charge < -0.3 is 33.4 Å². The minimum absolute atomic E-state index is 0.0879. The first kappa shape index (κ1) is 39.2. The van der Waals surface area contributed by atoms with E-state index in [4.69, 9.17) is 23.4 Å². The highest BCUT2D eigenvalue weighted by Gasteiger charge is 2.34. The molecular weight excluding hydrogens is 725 g/mol. The predicted molar refractivity (Wildman–Crippen MR) is 217 cm³/mol. The number of fused-ring (bicyclic) bond motifs is 2. The lowest BCUT2D eigenvalue weighted by molar-refractivity contribution is -0.143. The van der Waals surface area contributed by atoms with Gasteiger partial charge in [0.05, 0.1) is 45.0 Å². The number of likely N-dealkylation sites (tertiary alicyclic amines) is 1. The van der Waals surface area contributed by atoms with Crippen LogP contribution in [-0.4, -0.2) is 66.4 Å². The summed E-state index contributed by atoms with van der Waals surface area (Å²) < 4.78 is 29.0.